The number of carbonyl (C=O) groups excluding carboxylic acids is 3. The summed E-state index contributed by atoms with van der Waals surface area (Å²) in [6.07, 6.45) is 1.94. The molecule has 0 spiro atoms. The molecule has 2 aromatic carbocycles. The number of unbranched alkanes of at least 4 members (excludes halogenated alkanes) is 1. The molecular formula is C31H34N2O6S. The number of carbonyl (C=O) groups is 3. The fourth-order valence-electron chi connectivity index (χ4n) is 4.48. The zero-order valence-electron chi connectivity index (χ0n) is 23.4. The molecule has 0 bridgehead atoms. The van der Waals surface area contributed by atoms with E-state index in [9.17, 15) is 19.5 Å². The Hall–Kier alpha value is -3.98. The van der Waals surface area contributed by atoms with Gasteiger partial charge in [0.05, 0.1) is 30.5 Å². The van der Waals surface area contributed by atoms with Gasteiger partial charge in [-0.25, -0.2) is 9.78 Å². The molecule has 210 valence electrons. The second kappa shape index (κ2) is 12.5. The zero-order valence-corrected chi connectivity index (χ0v) is 24.2. The van der Waals surface area contributed by atoms with Gasteiger partial charge in [-0.15, -0.1) is 0 Å². The molecule has 2 heterocycles. The predicted molar refractivity (Wildman–Crippen MR) is 155 cm³/mol. The van der Waals surface area contributed by atoms with Crippen LogP contribution < -0.4 is 9.64 Å². The summed E-state index contributed by atoms with van der Waals surface area (Å²) in [4.78, 5) is 45.4. The van der Waals surface area contributed by atoms with Gasteiger partial charge < -0.3 is 14.6 Å². The summed E-state index contributed by atoms with van der Waals surface area (Å²) in [6, 6.07) is 13.4. The molecule has 1 aliphatic heterocycles. The van der Waals surface area contributed by atoms with Gasteiger partial charge in [-0.1, -0.05) is 62.8 Å². The first kappa shape index (κ1) is 29.0. The van der Waals surface area contributed by atoms with Crippen LogP contribution in [0.2, 0.25) is 0 Å². The maximum Gasteiger partial charge on any atom is 0.350 e. The number of ketones is 1. The summed E-state index contributed by atoms with van der Waals surface area (Å²) in [6.45, 7) is 10.4. The summed E-state index contributed by atoms with van der Waals surface area (Å²) < 4.78 is 10.9. The fraction of sp³-hybridized carbons (Fsp3) is 0.355. The molecule has 0 unspecified atom stereocenters. The predicted octanol–water partition coefficient (Wildman–Crippen LogP) is 6.56. The van der Waals surface area contributed by atoms with Crippen molar-refractivity contribution < 1.29 is 29.0 Å². The van der Waals surface area contributed by atoms with Crippen molar-refractivity contribution in [3.63, 3.8) is 0 Å². The summed E-state index contributed by atoms with van der Waals surface area (Å²) in [5, 5.41) is 11.6. The Kier molecular flexibility index (Phi) is 9.04. The van der Waals surface area contributed by atoms with Crippen LogP contribution in [-0.4, -0.2) is 41.0 Å². The van der Waals surface area contributed by atoms with Gasteiger partial charge in [0, 0.05) is 5.56 Å². The van der Waals surface area contributed by atoms with Crippen LogP contribution in [-0.2, 0) is 14.3 Å². The van der Waals surface area contributed by atoms with Crippen molar-refractivity contribution in [1.82, 2.24) is 4.98 Å². The normalized spacial score (nSPS) is 16.6. The standard InChI is InChI=1S/C31H34N2O6S/c1-6-8-17-39-23-15-13-22(14-16-23)26(34)24-25(21-11-9-20(10-12-21)18(3)4)33(29(36)27(24)35)31-32-19(5)28(40-31)30(37)38-7-2/h9-16,18,25,34H,6-8,17H2,1-5H3/t25-/m1/s1. The lowest BCUT2D eigenvalue weighted by Gasteiger charge is -2.23. The van der Waals surface area contributed by atoms with Crippen LogP contribution in [0.4, 0.5) is 5.13 Å². The Balaban J connectivity index is 1.82. The van der Waals surface area contributed by atoms with Crippen molar-refractivity contribution in [3.05, 3.63) is 81.4 Å². The van der Waals surface area contributed by atoms with E-state index in [-0.39, 0.29) is 33.9 Å². The number of benzene rings is 2. The third-order valence-corrected chi connectivity index (χ3v) is 7.85. The number of Topliss-reactive ketones (excluding diaryl/α,β-unsaturated/α-hetero) is 1. The maximum absolute atomic E-state index is 13.5. The molecule has 0 radical (unpaired) electrons. The van der Waals surface area contributed by atoms with E-state index in [0.717, 1.165) is 29.7 Å². The first-order valence-corrected chi connectivity index (χ1v) is 14.3. The molecule has 1 atom stereocenters. The third-order valence-electron chi connectivity index (χ3n) is 6.71. The molecule has 1 amide bonds. The number of aromatic nitrogens is 1. The molecule has 1 saturated heterocycles. The van der Waals surface area contributed by atoms with Crippen LogP contribution >= 0.6 is 11.3 Å². The highest BCUT2D eigenvalue weighted by molar-refractivity contribution is 7.17. The highest BCUT2D eigenvalue weighted by atomic mass is 32.1. The number of rotatable bonds is 10. The van der Waals surface area contributed by atoms with Gasteiger partial charge in [0.25, 0.3) is 5.78 Å². The van der Waals surface area contributed by atoms with E-state index >= 15 is 0 Å². The van der Waals surface area contributed by atoms with E-state index in [1.807, 2.05) is 24.3 Å². The third kappa shape index (κ3) is 5.79. The smallest absolute Gasteiger partial charge is 0.350 e. The Morgan fingerprint density at radius 3 is 2.35 bits per heavy atom. The van der Waals surface area contributed by atoms with E-state index in [0.29, 0.717) is 29.2 Å². The average molecular weight is 563 g/mol. The van der Waals surface area contributed by atoms with Crippen molar-refractivity contribution in [2.45, 2.75) is 59.4 Å². The minimum Gasteiger partial charge on any atom is -0.507 e. The number of aryl methyl sites for hydroxylation is 1. The number of nitrogens with zero attached hydrogens (tertiary/aromatic N) is 2. The quantitative estimate of drug-likeness (QED) is 0.0981. The van der Waals surface area contributed by atoms with Gasteiger partial charge >= 0.3 is 11.9 Å². The second-order valence-corrected chi connectivity index (χ2v) is 10.8. The van der Waals surface area contributed by atoms with E-state index < -0.39 is 23.7 Å². The summed E-state index contributed by atoms with van der Waals surface area (Å²) in [5.74, 6) is -1.56. The molecule has 0 saturated carbocycles. The van der Waals surface area contributed by atoms with E-state index in [1.165, 1.54) is 4.90 Å². The summed E-state index contributed by atoms with van der Waals surface area (Å²) >= 11 is 0.984. The van der Waals surface area contributed by atoms with E-state index in [1.54, 1.807) is 38.1 Å². The lowest BCUT2D eigenvalue weighted by molar-refractivity contribution is -0.132. The highest BCUT2D eigenvalue weighted by Crippen LogP contribution is 2.44. The molecule has 1 fully saturated rings. The second-order valence-electron chi connectivity index (χ2n) is 9.85. The first-order chi connectivity index (χ1) is 19.2. The number of hydrogen-bond acceptors (Lipinski definition) is 8. The van der Waals surface area contributed by atoms with Gasteiger partial charge in [-0.2, -0.15) is 0 Å². The number of amides is 1. The number of aliphatic hydroxyl groups excluding tert-OH is 1. The van der Waals surface area contributed by atoms with Crippen molar-refractivity contribution in [2.24, 2.45) is 0 Å². The molecule has 1 aromatic heterocycles. The van der Waals surface area contributed by atoms with Crippen LogP contribution in [0, 0.1) is 6.92 Å². The average Bonchev–Trinajstić information content (AvgIpc) is 3.45. The molecule has 40 heavy (non-hydrogen) atoms. The number of esters is 1. The minimum absolute atomic E-state index is 0.0486. The molecular weight excluding hydrogens is 528 g/mol. The Bertz CT molecular complexity index is 1420. The molecule has 0 aliphatic carbocycles. The molecule has 1 N–H and O–H groups in total. The van der Waals surface area contributed by atoms with Crippen molar-refractivity contribution >= 4 is 39.9 Å². The van der Waals surface area contributed by atoms with Crippen molar-refractivity contribution in [1.29, 1.82) is 0 Å². The van der Waals surface area contributed by atoms with Crippen LogP contribution in [0.5, 0.6) is 5.75 Å². The minimum atomic E-state index is -0.942. The van der Waals surface area contributed by atoms with Crippen molar-refractivity contribution in [2.75, 3.05) is 18.1 Å². The fourth-order valence-corrected chi connectivity index (χ4v) is 5.47. The molecule has 4 rings (SSSR count). The van der Waals surface area contributed by atoms with Gasteiger partial charge in [-0.05, 0) is 61.6 Å². The van der Waals surface area contributed by atoms with E-state index in [2.05, 4.69) is 25.8 Å². The summed E-state index contributed by atoms with van der Waals surface area (Å²) in [5.41, 5.74) is 2.46. The van der Waals surface area contributed by atoms with Gasteiger partial charge in [0.1, 0.15) is 16.4 Å². The lowest BCUT2D eigenvalue weighted by Crippen LogP contribution is -2.29. The zero-order chi connectivity index (χ0) is 29.0. The molecule has 1 aliphatic rings. The van der Waals surface area contributed by atoms with Crippen LogP contribution in [0.25, 0.3) is 5.76 Å². The van der Waals surface area contributed by atoms with Crippen LogP contribution in [0.1, 0.15) is 84.6 Å². The number of anilines is 1. The molecule has 9 heteroatoms. The summed E-state index contributed by atoms with van der Waals surface area (Å²) in [7, 11) is 0. The number of thiazole rings is 1. The van der Waals surface area contributed by atoms with Gasteiger partial charge in [-0.3, -0.25) is 14.5 Å². The van der Waals surface area contributed by atoms with Crippen molar-refractivity contribution in [3.8, 4) is 5.75 Å². The number of ether oxygens (including phenoxy) is 2. The number of aliphatic hydroxyl groups is 1. The molecule has 8 nitrogen and oxygen atoms in total. The lowest BCUT2D eigenvalue weighted by atomic mass is 9.93. The molecule has 3 aromatic rings. The van der Waals surface area contributed by atoms with E-state index in [4.69, 9.17) is 9.47 Å². The Labute approximate surface area is 238 Å². The monoisotopic (exact) mass is 562 g/mol. The van der Waals surface area contributed by atoms with Crippen LogP contribution in [0.3, 0.4) is 0 Å². The highest BCUT2D eigenvalue weighted by Gasteiger charge is 2.48. The van der Waals surface area contributed by atoms with Gasteiger partial charge in [0.15, 0.2) is 5.13 Å². The topological polar surface area (TPSA) is 106 Å². The van der Waals surface area contributed by atoms with Gasteiger partial charge in [0.2, 0.25) is 0 Å². The largest absolute Gasteiger partial charge is 0.507 e. The maximum atomic E-state index is 13.5. The Morgan fingerprint density at radius 2 is 1.75 bits per heavy atom. The Morgan fingerprint density at radius 1 is 1.07 bits per heavy atom. The van der Waals surface area contributed by atoms with Crippen LogP contribution in [0.15, 0.2) is 54.1 Å². The number of hydrogen-bond donors (Lipinski definition) is 1. The SMILES string of the molecule is CCCCOc1ccc(C(O)=C2C(=O)C(=O)N(c3nc(C)c(C(=O)OCC)s3)[C@@H]2c2ccc(C(C)C)cc2)cc1. The first-order valence-electron chi connectivity index (χ1n) is 13.5.